The van der Waals surface area contributed by atoms with Crippen LogP contribution in [0.4, 0.5) is 0 Å². The van der Waals surface area contributed by atoms with Crippen LogP contribution in [0.2, 0.25) is 0 Å². The van der Waals surface area contributed by atoms with Gasteiger partial charge in [0, 0.05) is 13.5 Å². The summed E-state index contributed by atoms with van der Waals surface area (Å²) in [6.45, 7) is 6.39. The first kappa shape index (κ1) is 12.9. The van der Waals surface area contributed by atoms with Crippen molar-refractivity contribution in [1.82, 2.24) is 5.32 Å². The van der Waals surface area contributed by atoms with Gasteiger partial charge in [0.1, 0.15) is 0 Å². The van der Waals surface area contributed by atoms with Crippen molar-refractivity contribution in [3.05, 3.63) is 23.8 Å². The van der Waals surface area contributed by atoms with E-state index in [9.17, 15) is 4.79 Å². The normalized spacial score (nSPS) is 12.1. The SMILES string of the molecule is CCC=CCCC=C(C)CNC(C)=O. The molecule has 0 unspecified atom stereocenters. The lowest BCUT2D eigenvalue weighted by Gasteiger charge is -2.01. The largest absolute Gasteiger partial charge is 0.353 e. The minimum Gasteiger partial charge on any atom is -0.353 e. The monoisotopic (exact) mass is 195 g/mol. The molecule has 0 fully saturated rings. The highest BCUT2D eigenvalue weighted by molar-refractivity contribution is 5.73. The number of allylic oxidation sites excluding steroid dienone is 3. The van der Waals surface area contributed by atoms with Crippen LogP contribution in [0.25, 0.3) is 0 Å². The van der Waals surface area contributed by atoms with E-state index in [0.717, 1.165) is 19.3 Å². The van der Waals surface area contributed by atoms with Crippen LogP contribution in [-0.2, 0) is 4.79 Å². The second-order valence-electron chi connectivity index (χ2n) is 3.42. The molecule has 0 atom stereocenters. The molecular formula is C12H21NO. The van der Waals surface area contributed by atoms with Crippen LogP contribution in [-0.4, -0.2) is 12.5 Å². The molecule has 0 aromatic carbocycles. The van der Waals surface area contributed by atoms with Gasteiger partial charge in [-0.25, -0.2) is 0 Å². The highest BCUT2D eigenvalue weighted by Crippen LogP contribution is 1.98. The van der Waals surface area contributed by atoms with Crippen LogP contribution in [0.15, 0.2) is 23.8 Å². The summed E-state index contributed by atoms with van der Waals surface area (Å²) in [6.07, 6.45) is 9.80. The van der Waals surface area contributed by atoms with Gasteiger partial charge in [-0.15, -0.1) is 0 Å². The van der Waals surface area contributed by atoms with E-state index in [4.69, 9.17) is 0 Å². The van der Waals surface area contributed by atoms with E-state index in [0.29, 0.717) is 6.54 Å². The summed E-state index contributed by atoms with van der Waals surface area (Å²) in [6, 6.07) is 0. The van der Waals surface area contributed by atoms with Gasteiger partial charge in [-0.2, -0.15) is 0 Å². The lowest BCUT2D eigenvalue weighted by Crippen LogP contribution is -2.21. The van der Waals surface area contributed by atoms with Crippen LogP contribution in [0.5, 0.6) is 0 Å². The van der Waals surface area contributed by atoms with Crippen molar-refractivity contribution in [2.45, 2.75) is 40.0 Å². The summed E-state index contributed by atoms with van der Waals surface area (Å²) in [5.41, 5.74) is 1.23. The second kappa shape index (κ2) is 8.54. The summed E-state index contributed by atoms with van der Waals surface area (Å²) in [4.78, 5) is 10.6. The second-order valence-corrected chi connectivity index (χ2v) is 3.42. The molecule has 14 heavy (non-hydrogen) atoms. The van der Waals surface area contributed by atoms with Crippen molar-refractivity contribution in [3.63, 3.8) is 0 Å². The number of rotatable bonds is 6. The van der Waals surface area contributed by atoms with Crippen molar-refractivity contribution >= 4 is 5.91 Å². The summed E-state index contributed by atoms with van der Waals surface area (Å²) in [5, 5.41) is 2.77. The number of hydrogen-bond donors (Lipinski definition) is 1. The van der Waals surface area contributed by atoms with Crippen molar-refractivity contribution in [1.29, 1.82) is 0 Å². The summed E-state index contributed by atoms with van der Waals surface area (Å²) >= 11 is 0. The third kappa shape index (κ3) is 9.04. The summed E-state index contributed by atoms with van der Waals surface area (Å²) in [5.74, 6) is 0.0311. The minimum absolute atomic E-state index is 0.0311. The first-order chi connectivity index (χ1) is 6.66. The predicted octanol–water partition coefficient (Wildman–Crippen LogP) is 2.82. The van der Waals surface area contributed by atoms with Crippen LogP contribution < -0.4 is 5.32 Å². The molecule has 80 valence electrons. The molecule has 0 radical (unpaired) electrons. The number of hydrogen-bond acceptors (Lipinski definition) is 1. The molecule has 2 heteroatoms. The Morgan fingerprint density at radius 3 is 2.50 bits per heavy atom. The maximum atomic E-state index is 10.6. The van der Waals surface area contributed by atoms with Gasteiger partial charge in [0.15, 0.2) is 0 Å². The van der Waals surface area contributed by atoms with E-state index in [1.807, 2.05) is 6.92 Å². The fraction of sp³-hybridized carbons (Fsp3) is 0.583. The van der Waals surface area contributed by atoms with Crippen LogP contribution >= 0.6 is 0 Å². The lowest BCUT2D eigenvalue weighted by molar-refractivity contribution is -0.118. The van der Waals surface area contributed by atoms with Crippen LogP contribution in [0.1, 0.15) is 40.0 Å². The van der Waals surface area contributed by atoms with Crippen molar-refractivity contribution in [3.8, 4) is 0 Å². The Bertz CT molecular complexity index is 216. The molecule has 0 saturated carbocycles. The topological polar surface area (TPSA) is 29.1 Å². The fourth-order valence-electron chi connectivity index (χ4n) is 1.05. The van der Waals surface area contributed by atoms with Gasteiger partial charge in [-0.05, 0) is 26.2 Å². The Balaban J connectivity index is 3.55. The van der Waals surface area contributed by atoms with Crippen molar-refractivity contribution < 1.29 is 4.79 Å². The number of carbonyl (C=O) groups excluding carboxylic acids is 1. The molecule has 0 spiro atoms. The molecule has 0 saturated heterocycles. The average molecular weight is 195 g/mol. The van der Waals surface area contributed by atoms with E-state index in [-0.39, 0.29) is 5.91 Å². The van der Waals surface area contributed by atoms with E-state index in [2.05, 4.69) is 30.5 Å². The van der Waals surface area contributed by atoms with Crippen LogP contribution in [0.3, 0.4) is 0 Å². The molecule has 0 aliphatic heterocycles. The standard InChI is InChI=1S/C12H21NO/c1-4-5-6-7-8-9-11(2)10-13-12(3)14/h5-6,9H,4,7-8,10H2,1-3H3,(H,13,14). The molecule has 0 heterocycles. The van der Waals surface area contributed by atoms with E-state index < -0.39 is 0 Å². The zero-order valence-corrected chi connectivity index (χ0v) is 9.47. The number of amides is 1. The van der Waals surface area contributed by atoms with Gasteiger partial charge in [-0.3, -0.25) is 4.79 Å². The molecule has 0 rings (SSSR count). The fourth-order valence-corrected chi connectivity index (χ4v) is 1.05. The Morgan fingerprint density at radius 2 is 1.93 bits per heavy atom. The molecule has 0 aliphatic carbocycles. The zero-order valence-electron chi connectivity index (χ0n) is 9.47. The molecule has 0 aromatic heterocycles. The molecule has 0 aliphatic rings. The van der Waals surface area contributed by atoms with Gasteiger partial charge in [-0.1, -0.05) is 30.7 Å². The average Bonchev–Trinajstić information content (AvgIpc) is 2.14. The van der Waals surface area contributed by atoms with E-state index in [1.54, 1.807) is 0 Å². The van der Waals surface area contributed by atoms with Crippen molar-refractivity contribution in [2.24, 2.45) is 0 Å². The predicted molar refractivity (Wildman–Crippen MR) is 61.1 cm³/mol. The molecule has 2 nitrogen and oxygen atoms in total. The van der Waals surface area contributed by atoms with E-state index >= 15 is 0 Å². The summed E-state index contributed by atoms with van der Waals surface area (Å²) < 4.78 is 0. The summed E-state index contributed by atoms with van der Waals surface area (Å²) in [7, 11) is 0. The molecule has 1 amide bonds. The Hall–Kier alpha value is -1.05. The van der Waals surface area contributed by atoms with Crippen molar-refractivity contribution in [2.75, 3.05) is 6.54 Å². The lowest BCUT2D eigenvalue weighted by atomic mass is 10.2. The zero-order chi connectivity index (χ0) is 10.8. The van der Waals surface area contributed by atoms with Gasteiger partial charge in [0.25, 0.3) is 0 Å². The highest BCUT2D eigenvalue weighted by Gasteiger charge is 1.91. The maximum Gasteiger partial charge on any atom is 0.217 e. The maximum absolute atomic E-state index is 10.6. The first-order valence-electron chi connectivity index (χ1n) is 5.22. The van der Waals surface area contributed by atoms with Gasteiger partial charge in [0.05, 0.1) is 0 Å². The Labute approximate surface area is 87.1 Å². The van der Waals surface area contributed by atoms with Crippen LogP contribution in [0, 0.1) is 0 Å². The number of carbonyl (C=O) groups is 1. The smallest absolute Gasteiger partial charge is 0.217 e. The number of unbranched alkanes of at least 4 members (excludes halogenated alkanes) is 1. The van der Waals surface area contributed by atoms with Gasteiger partial charge in [0.2, 0.25) is 5.91 Å². The third-order valence-corrected chi connectivity index (χ3v) is 1.84. The molecule has 0 aromatic rings. The minimum atomic E-state index is 0.0311. The van der Waals surface area contributed by atoms with Gasteiger partial charge < -0.3 is 5.32 Å². The quantitative estimate of drug-likeness (QED) is 0.512. The first-order valence-corrected chi connectivity index (χ1v) is 5.22. The third-order valence-electron chi connectivity index (χ3n) is 1.84. The molecule has 0 bridgehead atoms. The van der Waals surface area contributed by atoms with E-state index in [1.165, 1.54) is 12.5 Å². The molecule has 1 N–H and O–H groups in total. The Morgan fingerprint density at radius 1 is 1.21 bits per heavy atom. The number of nitrogens with one attached hydrogen (secondary N) is 1. The van der Waals surface area contributed by atoms with Gasteiger partial charge >= 0.3 is 0 Å². The highest BCUT2D eigenvalue weighted by atomic mass is 16.1. The Kier molecular flexibility index (Phi) is 7.90. The molecular weight excluding hydrogens is 174 g/mol.